The summed E-state index contributed by atoms with van der Waals surface area (Å²) in [5.74, 6) is 0.879. The Kier molecular flexibility index (Phi) is 4.36. The number of halogens is 1. The minimum atomic E-state index is -1.08. The number of H-pyrrole nitrogens is 2. The molecule has 126 valence electrons. The molecule has 0 saturated heterocycles. The number of nitro groups is 1. The second-order valence-electron chi connectivity index (χ2n) is 4.94. The van der Waals surface area contributed by atoms with Crippen molar-refractivity contribution in [3.63, 3.8) is 0 Å². The zero-order valence-corrected chi connectivity index (χ0v) is 13.2. The van der Waals surface area contributed by atoms with E-state index in [0.29, 0.717) is 22.1 Å². The number of benzene rings is 1. The highest BCUT2D eigenvalue weighted by molar-refractivity contribution is 6.33. The highest BCUT2D eigenvalue weighted by atomic mass is 35.5. The van der Waals surface area contributed by atoms with E-state index in [4.69, 9.17) is 16.0 Å². The lowest BCUT2D eigenvalue weighted by molar-refractivity contribution is -0.386. The Hall–Kier alpha value is -3.39. The van der Waals surface area contributed by atoms with Crippen LogP contribution in [-0.2, 0) is 0 Å². The van der Waals surface area contributed by atoms with Crippen molar-refractivity contribution in [1.82, 2.24) is 9.97 Å². The van der Waals surface area contributed by atoms with Crippen molar-refractivity contribution < 1.29 is 9.34 Å². The lowest BCUT2D eigenvalue weighted by Gasteiger charge is -1.99. The normalized spacial score (nSPS) is 11.1. The predicted molar refractivity (Wildman–Crippen MR) is 92.4 cm³/mol. The van der Waals surface area contributed by atoms with Crippen LogP contribution in [0.15, 0.2) is 50.4 Å². The molecule has 1 aromatic carbocycles. The summed E-state index contributed by atoms with van der Waals surface area (Å²) in [5, 5.41) is 11.5. The third-order valence-corrected chi connectivity index (χ3v) is 3.64. The molecule has 0 saturated carbocycles. The number of nitrogens with zero attached hydrogens (tertiary/aromatic N) is 1. The van der Waals surface area contributed by atoms with Crippen molar-refractivity contribution in [2.24, 2.45) is 0 Å². The molecule has 0 unspecified atom stereocenters. The Morgan fingerprint density at radius 1 is 1.08 bits per heavy atom. The lowest BCUT2D eigenvalue weighted by Crippen LogP contribution is -2.25. The van der Waals surface area contributed by atoms with Crippen LogP contribution in [0.5, 0.6) is 0 Å². The molecule has 0 aliphatic heterocycles. The molecule has 3 aromatic rings. The van der Waals surface area contributed by atoms with Gasteiger partial charge in [0.15, 0.2) is 0 Å². The molecule has 0 spiro atoms. The van der Waals surface area contributed by atoms with E-state index in [1.54, 1.807) is 30.3 Å². The highest BCUT2D eigenvalue weighted by Gasteiger charge is 2.18. The molecule has 25 heavy (non-hydrogen) atoms. The van der Waals surface area contributed by atoms with Crippen molar-refractivity contribution in [2.45, 2.75) is 0 Å². The van der Waals surface area contributed by atoms with Gasteiger partial charge in [-0.25, -0.2) is 4.79 Å². The van der Waals surface area contributed by atoms with Crippen molar-refractivity contribution in [2.75, 3.05) is 0 Å². The maximum Gasteiger partial charge on any atom is 0.357 e. The van der Waals surface area contributed by atoms with Crippen LogP contribution in [0.25, 0.3) is 23.5 Å². The average Bonchev–Trinajstić information content (AvgIpc) is 3.01. The van der Waals surface area contributed by atoms with Crippen LogP contribution in [-0.4, -0.2) is 14.9 Å². The summed E-state index contributed by atoms with van der Waals surface area (Å²) in [7, 11) is 0. The fourth-order valence-corrected chi connectivity index (χ4v) is 2.44. The van der Waals surface area contributed by atoms with Gasteiger partial charge in [-0.05, 0) is 36.4 Å². The summed E-state index contributed by atoms with van der Waals surface area (Å²) >= 11 is 6.10. The van der Waals surface area contributed by atoms with Crippen LogP contribution in [0.3, 0.4) is 0 Å². The predicted octanol–water partition coefficient (Wildman–Crippen LogP) is 3.06. The summed E-state index contributed by atoms with van der Waals surface area (Å²) in [6, 6.07) is 10.4. The van der Waals surface area contributed by atoms with Gasteiger partial charge >= 0.3 is 16.9 Å². The van der Waals surface area contributed by atoms with Gasteiger partial charge in [-0.3, -0.25) is 19.9 Å². The molecular weight excluding hydrogens is 350 g/mol. The van der Waals surface area contributed by atoms with Crippen molar-refractivity contribution in [1.29, 1.82) is 0 Å². The van der Waals surface area contributed by atoms with Gasteiger partial charge in [-0.15, -0.1) is 0 Å². The maximum absolute atomic E-state index is 11.6. The van der Waals surface area contributed by atoms with E-state index in [9.17, 15) is 19.7 Å². The second-order valence-corrected chi connectivity index (χ2v) is 5.35. The first-order valence-corrected chi connectivity index (χ1v) is 7.37. The number of rotatable bonds is 4. The third kappa shape index (κ3) is 3.43. The molecule has 8 nitrogen and oxygen atoms in total. The fraction of sp³-hybridized carbons (Fsp3) is 0. The molecular formula is C16H10ClN3O5. The van der Waals surface area contributed by atoms with Gasteiger partial charge in [0.2, 0.25) is 0 Å². The zero-order chi connectivity index (χ0) is 18.0. The standard InChI is InChI=1S/C16H10ClN3O5/c17-11-4-2-1-3-10(11)13-8-6-9(25-13)5-7-12-14(20(23)24)15(21)19-16(22)18-12/h1-8H,(H2,18,19,21,22). The van der Waals surface area contributed by atoms with Crippen molar-refractivity contribution >= 4 is 29.4 Å². The first kappa shape index (κ1) is 16.5. The molecule has 2 aromatic heterocycles. The van der Waals surface area contributed by atoms with E-state index >= 15 is 0 Å². The van der Waals surface area contributed by atoms with E-state index in [1.165, 1.54) is 12.2 Å². The summed E-state index contributed by atoms with van der Waals surface area (Å²) in [6.07, 6.45) is 2.63. The third-order valence-electron chi connectivity index (χ3n) is 3.31. The quantitative estimate of drug-likeness (QED) is 0.547. The molecule has 0 radical (unpaired) electrons. The zero-order valence-electron chi connectivity index (χ0n) is 12.5. The molecule has 0 atom stereocenters. The van der Waals surface area contributed by atoms with Gasteiger partial charge in [0.25, 0.3) is 0 Å². The van der Waals surface area contributed by atoms with Crippen LogP contribution in [0.4, 0.5) is 5.69 Å². The summed E-state index contributed by atoms with van der Waals surface area (Å²) in [5.41, 5.74) is -2.21. The van der Waals surface area contributed by atoms with Gasteiger partial charge in [0.1, 0.15) is 17.2 Å². The van der Waals surface area contributed by atoms with Gasteiger partial charge in [-0.1, -0.05) is 23.7 Å². The van der Waals surface area contributed by atoms with Crippen LogP contribution in [0, 0.1) is 10.1 Å². The summed E-state index contributed by atoms with van der Waals surface area (Å²) < 4.78 is 5.61. The number of furan rings is 1. The van der Waals surface area contributed by atoms with Crippen LogP contribution in [0.1, 0.15) is 11.5 Å². The Balaban J connectivity index is 1.97. The molecule has 0 amide bonds. The van der Waals surface area contributed by atoms with E-state index < -0.39 is 21.9 Å². The Morgan fingerprint density at radius 2 is 1.84 bits per heavy atom. The van der Waals surface area contributed by atoms with Gasteiger partial charge in [0, 0.05) is 5.56 Å². The molecule has 3 rings (SSSR count). The molecule has 0 aliphatic rings. The fourth-order valence-electron chi connectivity index (χ4n) is 2.21. The molecule has 0 fully saturated rings. The molecule has 0 bridgehead atoms. The van der Waals surface area contributed by atoms with Gasteiger partial charge in [0.05, 0.1) is 9.95 Å². The number of hydrogen-bond acceptors (Lipinski definition) is 5. The first-order valence-electron chi connectivity index (χ1n) is 6.99. The Labute approximate surface area is 144 Å². The second kappa shape index (κ2) is 6.62. The summed E-state index contributed by atoms with van der Waals surface area (Å²) in [4.78, 5) is 37.0. The topological polar surface area (TPSA) is 122 Å². The summed E-state index contributed by atoms with van der Waals surface area (Å²) in [6.45, 7) is 0. The smallest absolute Gasteiger partial charge is 0.357 e. The highest BCUT2D eigenvalue weighted by Crippen LogP contribution is 2.29. The number of aromatic nitrogens is 2. The lowest BCUT2D eigenvalue weighted by atomic mass is 10.2. The number of nitrogens with one attached hydrogen (secondary N) is 2. The van der Waals surface area contributed by atoms with Crippen LogP contribution in [0.2, 0.25) is 5.02 Å². The maximum atomic E-state index is 11.6. The monoisotopic (exact) mass is 359 g/mol. The minimum absolute atomic E-state index is 0.227. The average molecular weight is 360 g/mol. The van der Waals surface area contributed by atoms with E-state index in [0.717, 1.165) is 0 Å². The largest absolute Gasteiger partial charge is 0.457 e. The molecule has 9 heteroatoms. The van der Waals surface area contributed by atoms with Crippen molar-refractivity contribution in [3.05, 3.63) is 83.8 Å². The SMILES string of the molecule is O=c1[nH]c(C=Cc2ccc(-c3ccccc3Cl)o2)c([N+](=O)[O-])c(=O)[nH]1. The van der Waals surface area contributed by atoms with E-state index in [-0.39, 0.29) is 5.69 Å². The first-order chi connectivity index (χ1) is 12.0. The molecule has 0 aliphatic carbocycles. The number of aromatic amines is 2. The molecule has 2 heterocycles. The van der Waals surface area contributed by atoms with Crippen molar-refractivity contribution in [3.8, 4) is 11.3 Å². The van der Waals surface area contributed by atoms with Gasteiger partial charge in [-0.2, -0.15) is 0 Å². The molecule has 2 N–H and O–H groups in total. The van der Waals surface area contributed by atoms with Gasteiger partial charge < -0.3 is 9.40 Å². The van der Waals surface area contributed by atoms with Crippen LogP contribution < -0.4 is 11.2 Å². The number of hydrogen-bond donors (Lipinski definition) is 2. The van der Waals surface area contributed by atoms with E-state index in [2.05, 4.69) is 4.98 Å². The van der Waals surface area contributed by atoms with E-state index in [1.807, 2.05) is 11.1 Å². The minimum Gasteiger partial charge on any atom is -0.457 e. The Bertz CT molecular complexity index is 1090. The van der Waals surface area contributed by atoms with Crippen LogP contribution >= 0.6 is 11.6 Å². The Morgan fingerprint density at radius 3 is 2.56 bits per heavy atom.